The van der Waals surface area contributed by atoms with Crippen molar-refractivity contribution in [2.75, 3.05) is 38.7 Å². The highest BCUT2D eigenvalue weighted by Crippen LogP contribution is 2.34. The van der Waals surface area contributed by atoms with Gasteiger partial charge in [0.2, 0.25) is 0 Å². The van der Waals surface area contributed by atoms with Crippen LogP contribution in [0.4, 0.5) is 5.82 Å². The summed E-state index contributed by atoms with van der Waals surface area (Å²) in [6.45, 7) is 5.53. The molecule has 4 N–H and O–H groups in total. The molecule has 188 valence electrons. The maximum Gasteiger partial charge on any atom is 0.162 e. The quantitative estimate of drug-likeness (QED) is 0.341. The molecule has 3 heterocycles. The van der Waals surface area contributed by atoms with Gasteiger partial charge in [-0.2, -0.15) is 0 Å². The van der Waals surface area contributed by atoms with Crippen LogP contribution >= 0.6 is 0 Å². The molecule has 1 aliphatic rings. The lowest BCUT2D eigenvalue weighted by molar-refractivity contribution is 0.0904. The minimum Gasteiger partial charge on any atom is -0.491 e. The molecule has 0 saturated carbocycles. The third kappa shape index (κ3) is 5.96. The Kier molecular flexibility index (Phi) is 8.29. The van der Waals surface area contributed by atoms with Gasteiger partial charge in [-0.05, 0) is 45.9 Å². The number of aromatic nitrogens is 3. The van der Waals surface area contributed by atoms with Crippen LogP contribution in [0.25, 0.3) is 22.6 Å². The number of nitrogens with one attached hydrogen (secondary N) is 2. The van der Waals surface area contributed by atoms with Crippen LogP contribution < -0.4 is 15.4 Å². The summed E-state index contributed by atoms with van der Waals surface area (Å²) in [4.78, 5) is 9.74. The first-order chi connectivity index (χ1) is 17.0. The largest absolute Gasteiger partial charge is 0.491 e. The molecule has 3 aromatic rings. The smallest absolute Gasteiger partial charge is 0.162 e. The van der Waals surface area contributed by atoms with E-state index in [1.54, 1.807) is 14.0 Å². The summed E-state index contributed by atoms with van der Waals surface area (Å²) in [5.41, 5.74) is 3.38. The first kappa shape index (κ1) is 25.1. The molecule has 0 aliphatic carbocycles. The zero-order valence-corrected chi connectivity index (χ0v) is 20.4. The van der Waals surface area contributed by atoms with E-state index < -0.39 is 6.10 Å². The molecular weight excluding hydrogens is 450 g/mol. The summed E-state index contributed by atoms with van der Waals surface area (Å²) in [6.07, 6.45) is 1.16. The van der Waals surface area contributed by atoms with Gasteiger partial charge in [0.1, 0.15) is 35.7 Å². The predicted octanol–water partition coefficient (Wildman–Crippen LogP) is 2.46. The van der Waals surface area contributed by atoms with Gasteiger partial charge in [0.15, 0.2) is 5.82 Å². The summed E-state index contributed by atoms with van der Waals surface area (Å²) in [7, 11) is 1.78. The van der Waals surface area contributed by atoms with Gasteiger partial charge in [-0.25, -0.2) is 9.97 Å². The number of aliphatic hydroxyl groups is 2. The molecule has 0 spiro atoms. The zero-order chi connectivity index (χ0) is 24.8. The molecule has 10 heteroatoms. The van der Waals surface area contributed by atoms with Crippen molar-refractivity contribution in [3.63, 3.8) is 0 Å². The maximum atomic E-state index is 9.97. The van der Waals surface area contributed by atoms with Crippen LogP contribution in [0.5, 0.6) is 5.75 Å². The van der Waals surface area contributed by atoms with Gasteiger partial charge in [0.25, 0.3) is 0 Å². The van der Waals surface area contributed by atoms with Crippen molar-refractivity contribution in [3.05, 3.63) is 41.3 Å². The van der Waals surface area contributed by atoms with E-state index in [4.69, 9.17) is 24.0 Å². The number of hydrogen-bond donors (Lipinski definition) is 4. The Morgan fingerprint density at radius 1 is 1.20 bits per heavy atom. The van der Waals surface area contributed by atoms with Gasteiger partial charge in [0.05, 0.1) is 17.9 Å². The van der Waals surface area contributed by atoms with Gasteiger partial charge < -0.3 is 34.8 Å². The van der Waals surface area contributed by atoms with Crippen LogP contribution in [-0.4, -0.2) is 70.9 Å². The Hall–Kier alpha value is -3.05. The van der Waals surface area contributed by atoms with Crippen molar-refractivity contribution in [2.24, 2.45) is 0 Å². The molecular formula is C25H33N5O5. The predicted molar refractivity (Wildman–Crippen MR) is 131 cm³/mol. The number of ether oxygens (including phenoxy) is 2. The Balaban J connectivity index is 1.73. The SMILES string of the molecule is CNCC(O)COc1cccc(-c2nc(NC3CCOCC3)c(C)c(-c3c(CO)noc3C)n2)c1. The van der Waals surface area contributed by atoms with Crippen molar-refractivity contribution in [2.45, 2.75) is 45.4 Å². The van der Waals surface area contributed by atoms with Crippen LogP contribution in [0, 0.1) is 13.8 Å². The number of aryl methyl sites for hydroxylation is 1. The minimum atomic E-state index is -0.616. The molecule has 1 saturated heterocycles. The second-order valence-corrected chi connectivity index (χ2v) is 8.67. The number of likely N-dealkylation sites (N-methyl/N-ethyl adjacent to an activating group) is 1. The maximum absolute atomic E-state index is 9.97. The molecule has 1 aliphatic heterocycles. The van der Waals surface area contributed by atoms with Crippen molar-refractivity contribution in [1.82, 2.24) is 20.4 Å². The summed E-state index contributed by atoms with van der Waals surface area (Å²) in [6, 6.07) is 7.71. The number of anilines is 1. The molecule has 4 rings (SSSR count). The monoisotopic (exact) mass is 483 g/mol. The fourth-order valence-corrected chi connectivity index (χ4v) is 4.11. The number of nitrogens with zero attached hydrogens (tertiary/aromatic N) is 3. The summed E-state index contributed by atoms with van der Waals surface area (Å²) in [5, 5.41) is 30.3. The average Bonchev–Trinajstić information content (AvgIpc) is 3.25. The van der Waals surface area contributed by atoms with Crippen LogP contribution in [0.15, 0.2) is 28.8 Å². The van der Waals surface area contributed by atoms with Crippen molar-refractivity contribution in [1.29, 1.82) is 0 Å². The lowest BCUT2D eigenvalue weighted by Gasteiger charge is -2.25. The van der Waals surface area contributed by atoms with Crippen LogP contribution in [0.1, 0.15) is 29.9 Å². The van der Waals surface area contributed by atoms with E-state index in [-0.39, 0.29) is 19.3 Å². The fourth-order valence-electron chi connectivity index (χ4n) is 4.11. The third-order valence-corrected chi connectivity index (χ3v) is 6.00. The average molecular weight is 484 g/mol. The van der Waals surface area contributed by atoms with E-state index >= 15 is 0 Å². The lowest BCUT2D eigenvalue weighted by Crippen LogP contribution is -2.29. The topological polar surface area (TPSA) is 135 Å². The first-order valence-electron chi connectivity index (χ1n) is 11.8. The molecule has 1 unspecified atom stereocenters. The molecule has 0 bridgehead atoms. The van der Waals surface area contributed by atoms with E-state index in [2.05, 4.69) is 15.8 Å². The molecule has 35 heavy (non-hydrogen) atoms. The Morgan fingerprint density at radius 2 is 2.00 bits per heavy atom. The molecule has 0 radical (unpaired) electrons. The van der Waals surface area contributed by atoms with Crippen molar-refractivity contribution >= 4 is 5.82 Å². The molecule has 1 aromatic carbocycles. The third-order valence-electron chi connectivity index (χ3n) is 6.00. The summed E-state index contributed by atoms with van der Waals surface area (Å²) >= 11 is 0. The van der Waals surface area contributed by atoms with Crippen LogP contribution in [-0.2, 0) is 11.3 Å². The van der Waals surface area contributed by atoms with Gasteiger partial charge >= 0.3 is 0 Å². The fraction of sp³-hybridized carbons (Fsp3) is 0.480. The molecule has 2 aromatic heterocycles. The number of rotatable bonds is 10. The minimum absolute atomic E-state index is 0.167. The highest BCUT2D eigenvalue weighted by molar-refractivity contribution is 5.74. The number of hydrogen-bond acceptors (Lipinski definition) is 10. The molecule has 1 atom stereocenters. The standard InChI is InChI=1S/C25H33N5O5/c1-15-23(22-16(2)35-30-21(22)13-31)28-25(29-24(15)27-18-7-9-33-10-8-18)17-5-4-6-20(11-17)34-14-19(32)12-26-3/h4-6,11,18-19,26,31-32H,7-10,12-14H2,1-3H3,(H,27,28,29). The number of benzene rings is 1. The van der Waals surface area contributed by atoms with Crippen molar-refractivity contribution in [3.8, 4) is 28.4 Å². The van der Waals surface area contributed by atoms with E-state index in [1.165, 1.54) is 0 Å². The van der Waals surface area contributed by atoms with E-state index in [1.807, 2.05) is 31.2 Å². The van der Waals surface area contributed by atoms with Gasteiger partial charge in [-0.15, -0.1) is 0 Å². The van der Waals surface area contributed by atoms with Crippen molar-refractivity contribution < 1.29 is 24.2 Å². The molecule has 1 fully saturated rings. The van der Waals surface area contributed by atoms with Gasteiger partial charge in [-0.1, -0.05) is 17.3 Å². The second-order valence-electron chi connectivity index (χ2n) is 8.67. The normalized spacial score (nSPS) is 15.2. The van der Waals surface area contributed by atoms with Gasteiger partial charge in [0, 0.05) is 36.9 Å². The highest BCUT2D eigenvalue weighted by Gasteiger charge is 2.23. The Labute approximate surface area is 204 Å². The second kappa shape index (κ2) is 11.6. The lowest BCUT2D eigenvalue weighted by atomic mass is 10.0. The number of aliphatic hydroxyl groups excluding tert-OH is 2. The van der Waals surface area contributed by atoms with E-state index in [0.29, 0.717) is 54.0 Å². The Bertz CT molecular complexity index is 1130. The first-order valence-corrected chi connectivity index (χ1v) is 11.8. The Morgan fingerprint density at radius 3 is 2.74 bits per heavy atom. The zero-order valence-electron chi connectivity index (χ0n) is 20.4. The van der Waals surface area contributed by atoms with E-state index in [9.17, 15) is 10.2 Å². The molecule has 0 amide bonds. The highest BCUT2D eigenvalue weighted by atomic mass is 16.5. The molecule has 10 nitrogen and oxygen atoms in total. The van der Waals surface area contributed by atoms with E-state index in [0.717, 1.165) is 29.8 Å². The van der Waals surface area contributed by atoms with Gasteiger partial charge in [-0.3, -0.25) is 0 Å². The summed E-state index contributed by atoms with van der Waals surface area (Å²) in [5.74, 6) is 2.41. The summed E-state index contributed by atoms with van der Waals surface area (Å²) < 4.78 is 16.7. The van der Waals surface area contributed by atoms with Crippen LogP contribution in [0.2, 0.25) is 0 Å². The van der Waals surface area contributed by atoms with Crippen LogP contribution in [0.3, 0.4) is 0 Å².